The second kappa shape index (κ2) is 4.08. The average molecular weight is 251 g/mol. The molecule has 8 heteroatoms. The van der Waals surface area contributed by atoms with Crippen molar-refractivity contribution in [2.24, 2.45) is 0 Å². The summed E-state index contributed by atoms with van der Waals surface area (Å²) in [6.07, 6.45) is 1.84. The monoisotopic (exact) mass is 251 g/mol. The fourth-order valence-corrected chi connectivity index (χ4v) is 1.83. The van der Waals surface area contributed by atoms with E-state index in [-0.39, 0.29) is 11.4 Å². The number of likely N-dealkylation sites (N-methyl/N-ethyl adjacent to an activating group) is 1. The van der Waals surface area contributed by atoms with Crippen LogP contribution in [0.15, 0.2) is 18.2 Å². The minimum absolute atomic E-state index is 0.167. The molecule has 2 rings (SSSR count). The van der Waals surface area contributed by atoms with Crippen molar-refractivity contribution in [3.05, 3.63) is 44.0 Å². The van der Waals surface area contributed by atoms with Crippen molar-refractivity contribution in [3.63, 3.8) is 0 Å². The van der Waals surface area contributed by atoms with Gasteiger partial charge in [-0.15, -0.1) is 0 Å². The lowest BCUT2D eigenvalue weighted by Gasteiger charge is -2.27. The molecule has 0 saturated heterocycles. The van der Waals surface area contributed by atoms with Crippen LogP contribution in [0.1, 0.15) is 5.56 Å². The highest BCUT2D eigenvalue weighted by Crippen LogP contribution is 2.39. The van der Waals surface area contributed by atoms with E-state index < -0.39 is 21.8 Å². The molecule has 1 heterocycles. The van der Waals surface area contributed by atoms with Gasteiger partial charge in [0.1, 0.15) is 11.9 Å². The molecule has 0 bridgehead atoms. The molecule has 0 amide bonds. The van der Waals surface area contributed by atoms with Crippen LogP contribution in [0.3, 0.4) is 0 Å². The molecule has 0 unspecified atom stereocenters. The van der Waals surface area contributed by atoms with Gasteiger partial charge in [-0.25, -0.2) is 0 Å². The second-order valence-electron chi connectivity index (χ2n) is 3.80. The van der Waals surface area contributed by atoms with Crippen LogP contribution in [0.4, 0.5) is 17.1 Å². The minimum Gasteiger partial charge on any atom is -0.370 e. The van der Waals surface area contributed by atoms with Crippen LogP contribution in [0.5, 0.6) is 0 Å². The van der Waals surface area contributed by atoms with Crippen molar-refractivity contribution in [2.75, 3.05) is 11.9 Å². The summed E-state index contributed by atoms with van der Waals surface area (Å²) < 4.78 is 0. The third-order valence-corrected chi connectivity index (χ3v) is 2.71. The van der Waals surface area contributed by atoms with E-state index in [1.165, 1.54) is 30.2 Å². The van der Waals surface area contributed by atoms with Crippen molar-refractivity contribution in [3.8, 4) is 0 Å². The predicted octanol–water partition coefficient (Wildman–Crippen LogP) is 1.28. The topological polar surface area (TPSA) is 110 Å². The molecule has 0 saturated carbocycles. The molecule has 0 radical (unpaired) electrons. The highest BCUT2D eigenvalue weighted by molar-refractivity contribution is 5.81. The first-order valence-electron chi connectivity index (χ1n) is 4.97. The van der Waals surface area contributed by atoms with Crippen molar-refractivity contribution >= 4 is 23.1 Å². The molecule has 0 spiro atoms. The Morgan fingerprint density at radius 1 is 1.28 bits per heavy atom. The molecular weight excluding hydrogens is 242 g/mol. The summed E-state index contributed by atoms with van der Waals surface area (Å²) in [5.41, 5.74) is -0.246. The molecule has 1 aromatic carbocycles. The van der Waals surface area contributed by atoms with Gasteiger partial charge in [0.2, 0.25) is 0 Å². The smallest absolute Gasteiger partial charge is 0.300 e. The Morgan fingerprint density at radius 3 is 2.50 bits per heavy atom. The van der Waals surface area contributed by atoms with Crippen molar-refractivity contribution in [2.45, 2.75) is 6.23 Å². The number of nitro groups is 2. The number of benzene rings is 1. The summed E-state index contributed by atoms with van der Waals surface area (Å²) in [6.45, 7) is 0. The summed E-state index contributed by atoms with van der Waals surface area (Å²) in [5, 5.41) is 31.2. The zero-order valence-electron chi connectivity index (χ0n) is 9.31. The zero-order chi connectivity index (χ0) is 13.4. The number of non-ortho nitro benzene ring substituents is 1. The number of anilines is 1. The van der Waals surface area contributed by atoms with Crippen molar-refractivity contribution < 1.29 is 15.0 Å². The lowest BCUT2D eigenvalue weighted by molar-refractivity contribution is -0.393. The van der Waals surface area contributed by atoms with Crippen molar-refractivity contribution in [1.29, 1.82) is 0 Å². The molecule has 1 atom stereocenters. The van der Waals surface area contributed by atoms with Crippen LogP contribution in [0.25, 0.3) is 6.08 Å². The van der Waals surface area contributed by atoms with E-state index in [1.807, 2.05) is 0 Å². The first-order valence-corrected chi connectivity index (χ1v) is 4.97. The average Bonchev–Trinajstić information content (AvgIpc) is 2.32. The van der Waals surface area contributed by atoms with Gasteiger partial charge in [0.15, 0.2) is 0 Å². The number of fused-ring (bicyclic) bond motifs is 1. The molecule has 0 aliphatic carbocycles. The molecule has 1 aromatic rings. The van der Waals surface area contributed by atoms with Gasteiger partial charge in [0.05, 0.1) is 15.9 Å². The first kappa shape index (κ1) is 12.0. The molecular formula is C10H9N3O5. The molecule has 8 nitrogen and oxygen atoms in total. The number of hydrogen-bond donors (Lipinski definition) is 1. The first-order chi connectivity index (χ1) is 8.41. The highest BCUT2D eigenvalue weighted by atomic mass is 16.6. The van der Waals surface area contributed by atoms with Gasteiger partial charge in [-0.05, 0) is 6.08 Å². The van der Waals surface area contributed by atoms with E-state index in [0.29, 0.717) is 5.56 Å². The number of aliphatic hydroxyl groups is 1. The summed E-state index contributed by atoms with van der Waals surface area (Å²) in [6, 6.07) is 2.13. The fourth-order valence-electron chi connectivity index (χ4n) is 1.83. The quantitative estimate of drug-likeness (QED) is 0.626. The Labute approximate surface area is 101 Å². The minimum atomic E-state index is -0.988. The van der Waals surface area contributed by atoms with Crippen LogP contribution >= 0.6 is 0 Å². The molecule has 1 aliphatic heterocycles. The number of nitro benzene ring substituents is 2. The summed E-state index contributed by atoms with van der Waals surface area (Å²) in [4.78, 5) is 21.6. The molecule has 18 heavy (non-hydrogen) atoms. The number of nitrogens with zero attached hydrogens (tertiary/aromatic N) is 3. The molecule has 0 fully saturated rings. The van der Waals surface area contributed by atoms with E-state index in [4.69, 9.17) is 0 Å². The van der Waals surface area contributed by atoms with Gasteiger partial charge in [-0.3, -0.25) is 20.2 Å². The largest absolute Gasteiger partial charge is 0.370 e. The van der Waals surface area contributed by atoms with E-state index in [1.54, 1.807) is 0 Å². The fraction of sp³-hybridized carbons (Fsp3) is 0.200. The van der Waals surface area contributed by atoms with Gasteiger partial charge in [-0.2, -0.15) is 0 Å². The predicted molar refractivity (Wildman–Crippen MR) is 63.2 cm³/mol. The SMILES string of the molecule is CN1c2c(cc([N+](=O)[O-])cc2[N+](=O)[O-])C=C[C@H]1O. The van der Waals surface area contributed by atoms with Crippen LogP contribution in [0, 0.1) is 20.2 Å². The van der Waals surface area contributed by atoms with Gasteiger partial charge in [0.25, 0.3) is 11.4 Å². The lowest BCUT2D eigenvalue weighted by Crippen LogP contribution is -2.32. The standard InChI is InChI=1S/C10H9N3O5/c1-11-9(14)3-2-6-4-7(12(15)16)5-8(10(6)11)13(17)18/h2-5,9,14H,1H3/t9-/m1/s1. The number of rotatable bonds is 2. The Hall–Kier alpha value is -2.48. The zero-order valence-corrected chi connectivity index (χ0v) is 9.31. The maximum Gasteiger partial charge on any atom is 0.300 e. The molecule has 1 N–H and O–H groups in total. The third kappa shape index (κ3) is 1.78. The molecule has 1 aliphatic rings. The maximum atomic E-state index is 11.0. The third-order valence-electron chi connectivity index (χ3n) is 2.71. The van der Waals surface area contributed by atoms with Crippen molar-refractivity contribution in [1.82, 2.24) is 0 Å². The Balaban J connectivity index is 2.72. The Morgan fingerprint density at radius 2 is 1.94 bits per heavy atom. The second-order valence-corrected chi connectivity index (χ2v) is 3.80. The highest BCUT2D eigenvalue weighted by Gasteiger charge is 2.29. The van der Waals surface area contributed by atoms with E-state index in [2.05, 4.69) is 0 Å². The van der Waals surface area contributed by atoms with Gasteiger partial charge in [0, 0.05) is 18.7 Å². The lowest BCUT2D eigenvalue weighted by atomic mass is 10.0. The number of aliphatic hydroxyl groups excluding tert-OH is 1. The summed E-state index contributed by atoms with van der Waals surface area (Å²) >= 11 is 0. The van der Waals surface area contributed by atoms with Crippen LogP contribution in [0.2, 0.25) is 0 Å². The van der Waals surface area contributed by atoms with Crippen LogP contribution in [-0.4, -0.2) is 28.2 Å². The van der Waals surface area contributed by atoms with Gasteiger partial charge in [-0.1, -0.05) is 6.08 Å². The van der Waals surface area contributed by atoms with Gasteiger partial charge < -0.3 is 10.0 Å². The van der Waals surface area contributed by atoms with E-state index >= 15 is 0 Å². The van der Waals surface area contributed by atoms with E-state index in [9.17, 15) is 25.3 Å². The summed E-state index contributed by atoms with van der Waals surface area (Å²) in [5.74, 6) is 0. The number of hydrogen-bond acceptors (Lipinski definition) is 6. The normalized spacial score (nSPS) is 17.4. The Bertz CT molecular complexity index is 569. The molecule has 94 valence electrons. The Kier molecular flexibility index (Phi) is 2.71. The van der Waals surface area contributed by atoms with Crippen LogP contribution < -0.4 is 4.90 Å². The van der Waals surface area contributed by atoms with Gasteiger partial charge >= 0.3 is 0 Å². The maximum absolute atomic E-state index is 11.0. The van der Waals surface area contributed by atoms with Crippen LogP contribution in [-0.2, 0) is 0 Å². The van der Waals surface area contributed by atoms with E-state index in [0.717, 1.165) is 6.07 Å². The summed E-state index contributed by atoms with van der Waals surface area (Å²) in [7, 11) is 1.48. The molecule has 0 aromatic heterocycles.